The lowest BCUT2D eigenvalue weighted by Crippen LogP contribution is -2.33. The van der Waals surface area contributed by atoms with Crippen molar-refractivity contribution in [2.24, 2.45) is 0 Å². The molecule has 1 aliphatic heterocycles. The Hall–Kier alpha value is -1.76. The SMILES string of the molecule is O=C(NCCOCC(F)(F)F)C1CNc2ccccc21. The molecule has 1 unspecified atom stereocenters. The number of alkyl halides is 3. The fourth-order valence-corrected chi connectivity index (χ4v) is 2.08. The summed E-state index contributed by atoms with van der Waals surface area (Å²) in [5.41, 5.74) is 1.82. The van der Waals surface area contributed by atoms with Gasteiger partial charge in [0.05, 0.1) is 12.5 Å². The largest absolute Gasteiger partial charge is 0.411 e. The first-order valence-corrected chi connectivity index (χ1v) is 6.22. The Morgan fingerprint density at radius 3 is 2.90 bits per heavy atom. The van der Waals surface area contributed by atoms with E-state index in [0.717, 1.165) is 11.3 Å². The van der Waals surface area contributed by atoms with E-state index < -0.39 is 12.8 Å². The highest BCUT2D eigenvalue weighted by atomic mass is 19.4. The second-order valence-corrected chi connectivity index (χ2v) is 4.48. The minimum absolute atomic E-state index is 0.0631. The van der Waals surface area contributed by atoms with Gasteiger partial charge in [-0.25, -0.2) is 0 Å². The quantitative estimate of drug-likeness (QED) is 0.814. The molecule has 0 radical (unpaired) electrons. The van der Waals surface area contributed by atoms with Crippen LogP contribution in [0.2, 0.25) is 0 Å². The molecule has 0 aliphatic carbocycles. The molecule has 0 fully saturated rings. The Balaban J connectivity index is 1.74. The van der Waals surface area contributed by atoms with Crippen LogP contribution in [0.1, 0.15) is 11.5 Å². The van der Waals surface area contributed by atoms with E-state index in [1.165, 1.54) is 0 Å². The summed E-state index contributed by atoms with van der Waals surface area (Å²) in [7, 11) is 0. The fourth-order valence-electron chi connectivity index (χ4n) is 2.08. The lowest BCUT2D eigenvalue weighted by atomic mass is 10.0. The Morgan fingerprint density at radius 2 is 2.15 bits per heavy atom. The molecule has 0 saturated carbocycles. The summed E-state index contributed by atoms with van der Waals surface area (Å²) in [6.07, 6.45) is -4.33. The number of nitrogens with one attached hydrogen (secondary N) is 2. The molecule has 1 aromatic carbocycles. The molecule has 0 aromatic heterocycles. The van der Waals surface area contributed by atoms with Crippen LogP contribution in [0.5, 0.6) is 0 Å². The van der Waals surface area contributed by atoms with Crippen molar-refractivity contribution in [3.63, 3.8) is 0 Å². The molecule has 0 bridgehead atoms. The van der Waals surface area contributed by atoms with Crippen LogP contribution in [0.4, 0.5) is 18.9 Å². The van der Waals surface area contributed by atoms with Crippen LogP contribution < -0.4 is 10.6 Å². The average molecular weight is 288 g/mol. The number of carbonyl (C=O) groups is 1. The first kappa shape index (κ1) is 14.6. The van der Waals surface area contributed by atoms with Crippen molar-refractivity contribution in [2.75, 3.05) is 31.6 Å². The molecule has 7 heteroatoms. The van der Waals surface area contributed by atoms with Crippen molar-refractivity contribution in [1.82, 2.24) is 5.32 Å². The molecule has 0 saturated heterocycles. The van der Waals surface area contributed by atoms with Gasteiger partial charge in [0.15, 0.2) is 0 Å². The lowest BCUT2D eigenvalue weighted by Gasteiger charge is -2.12. The van der Waals surface area contributed by atoms with Crippen molar-refractivity contribution < 1.29 is 22.7 Å². The predicted molar refractivity (Wildman–Crippen MR) is 67.6 cm³/mol. The van der Waals surface area contributed by atoms with Gasteiger partial charge in [-0.2, -0.15) is 13.2 Å². The maximum absolute atomic E-state index is 11.9. The van der Waals surface area contributed by atoms with Crippen molar-refractivity contribution in [2.45, 2.75) is 12.1 Å². The minimum Gasteiger partial charge on any atom is -0.384 e. The Kier molecular flexibility index (Phi) is 4.49. The molecule has 0 spiro atoms. The van der Waals surface area contributed by atoms with Gasteiger partial charge < -0.3 is 15.4 Å². The molecule has 2 N–H and O–H groups in total. The monoisotopic (exact) mass is 288 g/mol. The second kappa shape index (κ2) is 6.13. The standard InChI is InChI=1S/C13H15F3N2O2/c14-13(15,16)8-20-6-5-17-12(19)10-7-18-11-4-2-1-3-9(10)11/h1-4,10,18H,5-8H2,(H,17,19). The lowest BCUT2D eigenvalue weighted by molar-refractivity contribution is -0.173. The van der Waals surface area contributed by atoms with Crippen LogP contribution in [0.3, 0.4) is 0 Å². The zero-order valence-electron chi connectivity index (χ0n) is 10.7. The first-order valence-electron chi connectivity index (χ1n) is 6.22. The van der Waals surface area contributed by atoms with E-state index in [4.69, 9.17) is 0 Å². The maximum Gasteiger partial charge on any atom is 0.411 e. The number of para-hydroxylation sites is 1. The third kappa shape index (κ3) is 3.86. The number of ether oxygens (including phenoxy) is 1. The van der Waals surface area contributed by atoms with E-state index >= 15 is 0 Å². The molecular formula is C13H15F3N2O2. The molecular weight excluding hydrogens is 273 g/mol. The second-order valence-electron chi connectivity index (χ2n) is 4.48. The Labute approximate surface area is 114 Å². The van der Waals surface area contributed by atoms with Crippen molar-refractivity contribution in [3.8, 4) is 0 Å². The van der Waals surface area contributed by atoms with Crippen LogP contribution in [0.25, 0.3) is 0 Å². The molecule has 2 rings (SSSR count). The molecule has 20 heavy (non-hydrogen) atoms. The van der Waals surface area contributed by atoms with E-state index in [1.54, 1.807) is 0 Å². The molecule has 1 atom stereocenters. The van der Waals surface area contributed by atoms with Crippen molar-refractivity contribution in [1.29, 1.82) is 0 Å². The predicted octanol–water partition coefficient (Wildman–Crippen LogP) is 1.89. The van der Waals surface area contributed by atoms with Gasteiger partial charge in [-0.05, 0) is 11.6 Å². The van der Waals surface area contributed by atoms with Gasteiger partial charge in [0.25, 0.3) is 0 Å². The molecule has 1 aliphatic rings. The van der Waals surface area contributed by atoms with Gasteiger partial charge in [0, 0.05) is 18.8 Å². The summed E-state index contributed by atoms with van der Waals surface area (Å²) >= 11 is 0. The molecule has 1 heterocycles. The summed E-state index contributed by atoms with van der Waals surface area (Å²) in [4.78, 5) is 11.9. The Bertz CT molecular complexity index is 477. The molecule has 4 nitrogen and oxygen atoms in total. The number of hydrogen-bond donors (Lipinski definition) is 2. The van der Waals surface area contributed by atoms with Crippen LogP contribution in [-0.4, -0.2) is 38.4 Å². The zero-order valence-corrected chi connectivity index (χ0v) is 10.7. The number of benzene rings is 1. The number of carbonyl (C=O) groups excluding carboxylic acids is 1. The summed E-state index contributed by atoms with van der Waals surface area (Å²) in [6, 6.07) is 7.46. The van der Waals surface area contributed by atoms with Crippen molar-refractivity contribution in [3.05, 3.63) is 29.8 Å². The molecule has 1 aromatic rings. The summed E-state index contributed by atoms with van der Waals surface area (Å²) in [5.74, 6) is -0.521. The smallest absolute Gasteiger partial charge is 0.384 e. The fraction of sp³-hybridized carbons (Fsp3) is 0.462. The van der Waals surface area contributed by atoms with Gasteiger partial charge in [0.1, 0.15) is 6.61 Å². The van der Waals surface area contributed by atoms with Gasteiger partial charge in [0.2, 0.25) is 5.91 Å². The third-order valence-corrected chi connectivity index (χ3v) is 2.96. The topological polar surface area (TPSA) is 50.4 Å². The number of fused-ring (bicyclic) bond motifs is 1. The number of amides is 1. The minimum atomic E-state index is -4.33. The van der Waals surface area contributed by atoms with Crippen LogP contribution in [0.15, 0.2) is 24.3 Å². The van der Waals surface area contributed by atoms with E-state index in [-0.39, 0.29) is 25.0 Å². The highest BCUT2D eigenvalue weighted by Gasteiger charge is 2.28. The average Bonchev–Trinajstić information content (AvgIpc) is 2.80. The third-order valence-electron chi connectivity index (χ3n) is 2.96. The first-order chi connectivity index (χ1) is 9.47. The highest BCUT2D eigenvalue weighted by Crippen LogP contribution is 2.30. The van der Waals surface area contributed by atoms with E-state index in [0.29, 0.717) is 6.54 Å². The summed E-state index contributed by atoms with van der Waals surface area (Å²) in [5, 5.41) is 5.69. The number of hydrogen-bond acceptors (Lipinski definition) is 3. The van der Waals surface area contributed by atoms with Crippen LogP contribution >= 0.6 is 0 Å². The maximum atomic E-state index is 11.9. The van der Waals surface area contributed by atoms with Gasteiger partial charge in [-0.1, -0.05) is 18.2 Å². The Morgan fingerprint density at radius 1 is 1.40 bits per heavy atom. The normalized spacial score (nSPS) is 17.4. The zero-order chi connectivity index (χ0) is 14.6. The summed E-state index contributed by atoms with van der Waals surface area (Å²) < 4.78 is 39.9. The van der Waals surface area contributed by atoms with Gasteiger partial charge >= 0.3 is 6.18 Å². The summed E-state index contributed by atoms with van der Waals surface area (Å²) in [6.45, 7) is -0.897. The van der Waals surface area contributed by atoms with Crippen LogP contribution in [-0.2, 0) is 9.53 Å². The number of halogens is 3. The number of anilines is 1. The van der Waals surface area contributed by atoms with Crippen LogP contribution in [0, 0.1) is 0 Å². The van der Waals surface area contributed by atoms with E-state index in [2.05, 4.69) is 15.4 Å². The van der Waals surface area contributed by atoms with Gasteiger partial charge in [-0.3, -0.25) is 4.79 Å². The molecule has 110 valence electrons. The highest BCUT2D eigenvalue weighted by molar-refractivity contribution is 5.88. The van der Waals surface area contributed by atoms with Crippen molar-refractivity contribution >= 4 is 11.6 Å². The molecule has 1 amide bonds. The van der Waals surface area contributed by atoms with E-state index in [9.17, 15) is 18.0 Å². The number of rotatable bonds is 5. The van der Waals surface area contributed by atoms with Gasteiger partial charge in [-0.15, -0.1) is 0 Å². The van der Waals surface area contributed by atoms with E-state index in [1.807, 2.05) is 24.3 Å².